The number of aromatic nitrogens is 2. The number of halogens is 1. The molecule has 0 atom stereocenters. The van der Waals surface area contributed by atoms with Crippen LogP contribution in [-0.4, -0.2) is 43.4 Å². The van der Waals surface area contributed by atoms with Crippen LogP contribution in [0.1, 0.15) is 0 Å². The Kier molecular flexibility index (Phi) is 5.69. The molecule has 1 aromatic carbocycles. The number of anilines is 1. The third-order valence-electron chi connectivity index (χ3n) is 3.71. The van der Waals surface area contributed by atoms with E-state index < -0.39 is 11.8 Å². The topological polar surface area (TPSA) is 95.3 Å². The maximum atomic E-state index is 13.9. The molecule has 3 rings (SSSR count). The van der Waals surface area contributed by atoms with Crippen molar-refractivity contribution in [1.82, 2.24) is 9.97 Å². The second-order valence-corrected chi connectivity index (χ2v) is 5.40. The van der Waals surface area contributed by atoms with Crippen LogP contribution in [0.4, 0.5) is 16.2 Å². The summed E-state index contributed by atoms with van der Waals surface area (Å²) in [5, 5.41) is 20.4. The van der Waals surface area contributed by atoms with Crippen LogP contribution < -0.4 is 20.4 Å². The van der Waals surface area contributed by atoms with Crippen LogP contribution in [0.25, 0.3) is 12.1 Å². The van der Waals surface area contributed by atoms with Crippen LogP contribution in [0.5, 0.6) is 0 Å². The Bertz CT molecular complexity index is 890. The zero-order valence-electron chi connectivity index (χ0n) is 14.1. The van der Waals surface area contributed by atoms with E-state index >= 15 is 0 Å². The van der Waals surface area contributed by atoms with E-state index in [1.807, 2.05) is 0 Å². The first-order valence-corrected chi connectivity index (χ1v) is 7.95. The van der Waals surface area contributed by atoms with Crippen LogP contribution in [0, 0.1) is 5.82 Å². The number of rotatable bonds is 4. The molecular weight excluding hydrogens is 341 g/mol. The van der Waals surface area contributed by atoms with Crippen LogP contribution in [-0.2, 0) is 9.47 Å². The SMILES string of the molecule is COC([O-])=c1ccc(=CN=Nc2ncc(F)c(N3CCOCC3)n2)cc1. The van der Waals surface area contributed by atoms with E-state index in [-0.39, 0.29) is 11.8 Å². The first kappa shape index (κ1) is 17.7. The molecule has 9 heteroatoms. The predicted molar refractivity (Wildman–Crippen MR) is 90.1 cm³/mol. The zero-order valence-corrected chi connectivity index (χ0v) is 14.1. The molecule has 136 valence electrons. The number of morpholine rings is 1. The number of methoxy groups -OCH3 is 1. The molecule has 0 saturated carbocycles. The zero-order chi connectivity index (χ0) is 18.4. The van der Waals surface area contributed by atoms with E-state index in [2.05, 4.69) is 24.9 Å². The second kappa shape index (κ2) is 8.34. The molecule has 1 aliphatic heterocycles. The minimum atomic E-state index is -0.506. The van der Waals surface area contributed by atoms with Crippen molar-refractivity contribution in [2.45, 2.75) is 0 Å². The van der Waals surface area contributed by atoms with Crippen LogP contribution in [0.3, 0.4) is 0 Å². The molecule has 1 fully saturated rings. The van der Waals surface area contributed by atoms with Crippen molar-refractivity contribution in [3.8, 4) is 0 Å². The average Bonchev–Trinajstić information content (AvgIpc) is 2.70. The van der Waals surface area contributed by atoms with Gasteiger partial charge in [0.2, 0.25) is 0 Å². The highest BCUT2D eigenvalue weighted by Crippen LogP contribution is 2.19. The Balaban J connectivity index is 1.78. The minimum Gasteiger partial charge on any atom is -0.616 e. The van der Waals surface area contributed by atoms with Crippen molar-refractivity contribution < 1.29 is 19.0 Å². The van der Waals surface area contributed by atoms with E-state index in [1.165, 1.54) is 13.3 Å². The molecule has 0 unspecified atom stereocenters. The number of azo groups is 1. The van der Waals surface area contributed by atoms with Crippen molar-refractivity contribution in [3.05, 3.63) is 46.7 Å². The molecule has 0 spiro atoms. The lowest BCUT2D eigenvalue weighted by Gasteiger charge is -2.27. The van der Waals surface area contributed by atoms with Gasteiger partial charge in [0.25, 0.3) is 5.95 Å². The van der Waals surface area contributed by atoms with E-state index in [9.17, 15) is 9.50 Å². The van der Waals surface area contributed by atoms with Gasteiger partial charge >= 0.3 is 0 Å². The highest BCUT2D eigenvalue weighted by atomic mass is 19.1. The van der Waals surface area contributed by atoms with Gasteiger partial charge in [0.05, 0.1) is 31.6 Å². The minimum absolute atomic E-state index is 0.0651. The van der Waals surface area contributed by atoms with Gasteiger partial charge in [-0.1, -0.05) is 24.3 Å². The molecule has 8 nitrogen and oxygen atoms in total. The molecule has 2 aromatic rings. The smallest absolute Gasteiger partial charge is 0.270 e. The second-order valence-electron chi connectivity index (χ2n) is 5.40. The van der Waals surface area contributed by atoms with Gasteiger partial charge in [0.1, 0.15) is 0 Å². The van der Waals surface area contributed by atoms with Gasteiger partial charge in [-0.3, -0.25) is 0 Å². The summed E-state index contributed by atoms with van der Waals surface area (Å²) in [5.41, 5.74) is 0. The average molecular weight is 358 g/mol. The molecule has 0 bridgehead atoms. The van der Waals surface area contributed by atoms with E-state index in [0.29, 0.717) is 31.5 Å². The van der Waals surface area contributed by atoms with Crippen molar-refractivity contribution >= 4 is 23.9 Å². The predicted octanol–water partition coefficient (Wildman–Crippen LogP) is 0.0466. The molecule has 1 aromatic heterocycles. The Labute approximate surface area is 148 Å². The summed E-state index contributed by atoms with van der Waals surface area (Å²) >= 11 is 0. The highest BCUT2D eigenvalue weighted by Gasteiger charge is 2.17. The maximum absolute atomic E-state index is 13.9. The van der Waals surface area contributed by atoms with Gasteiger partial charge in [-0.2, -0.15) is 10.1 Å². The normalized spacial score (nSPS) is 14.5. The van der Waals surface area contributed by atoms with Crippen LogP contribution in [0.2, 0.25) is 0 Å². The van der Waals surface area contributed by atoms with E-state index in [1.54, 1.807) is 29.2 Å². The molecule has 1 saturated heterocycles. The van der Waals surface area contributed by atoms with Gasteiger partial charge in [-0.05, 0) is 17.5 Å². The molecule has 26 heavy (non-hydrogen) atoms. The number of hydrogen-bond acceptors (Lipinski definition) is 8. The lowest BCUT2D eigenvalue weighted by atomic mass is 10.3. The molecule has 1 aliphatic rings. The number of nitrogens with zero attached hydrogens (tertiary/aromatic N) is 5. The van der Waals surface area contributed by atoms with Crippen molar-refractivity contribution in [3.63, 3.8) is 0 Å². The quantitative estimate of drug-likeness (QED) is 0.717. The standard InChI is InChI=1S/C17H18FN5O3/c1-25-16(24)13-4-2-12(3-5-13)10-20-22-17-19-11-14(18)15(21-17)23-6-8-26-9-7-23/h2-5,10-11,24H,6-9H2,1H3/p-1. The molecule has 0 amide bonds. The summed E-state index contributed by atoms with van der Waals surface area (Å²) in [6.07, 6.45) is 2.57. The summed E-state index contributed by atoms with van der Waals surface area (Å²) in [6.45, 7) is 2.16. The Morgan fingerprint density at radius 1 is 1.31 bits per heavy atom. The third-order valence-corrected chi connectivity index (χ3v) is 3.71. The van der Waals surface area contributed by atoms with Crippen molar-refractivity contribution in [2.24, 2.45) is 10.2 Å². The summed E-state index contributed by atoms with van der Waals surface area (Å²) in [7, 11) is 1.32. The van der Waals surface area contributed by atoms with Gasteiger partial charge in [-0.15, -0.1) is 5.11 Å². The largest absolute Gasteiger partial charge is 0.616 e. The summed E-state index contributed by atoms with van der Waals surface area (Å²) < 4.78 is 23.8. The third kappa shape index (κ3) is 4.31. The van der Waals surface area contributed by atoms with Crippen LogP contribution in [0.15, 0.2) is 40.7 Å². The lowest BCUT2D eigenvalue weighted by molar-refractivity contribution is -0.288. The molecule has 2 heterocycles. The highest BCUT2D eigenvalue weighted by molar-refractivity contribution is 5.42. The Hall–Kier alpha value is -3.07. The number of hydrogen-bond donors (Lipinski definition) is 0. The van der Waals surface area contributed by atoms with E-state index in [4.69, 9.17) is 4.74 Å². The van der Waals surface area contributed by atoms with Crippen molar-refractivity contribution in [1.29, 1.82) is 0 Å². The van der Waals surface area contributed by atoms with Gasteiger partial charge in [0.15, 0.2) is 11.6 Å². The number of ether oxygens (including phenoxy) is 2. The molecule has 0 aliphatic carbocycles. The van der Waals surface area contributed by atoms with Crippen LogP contribution >= 0.6 is 0 Å². The molecule has 0 N–H and O–H groups in total. The first-order valence-electron chi connectivity index (χ1n) is 7.95. The fourth-order valence-electron chi connectivity index (χ4n) is 2.36. The van der Waals surface area contributed by atoms with Gasteiger partial charge < -0.3 is 19.5 Å². The fraction of sp³-hybridized carbons (Fsp3) is 0.294. The Morgan fingerprint density at radius 3 is 2.73 bits per heavy atom. The van der Waals surface area contributed by atoms with Crippen molar-refractivity contribution in [2.75, 3.05) is 38.3 Å². The van der Waals surface area contributed by atoms with Gasteiger partial charge in [0, 0.05) is 13.1 Å². The molecular formula is C17H17FN5O3-. The monoisotopic (exact) mass is 358 g/mol. The van der Waals surface area contributed by atoms with Gasteiger partial charge in [-0.25, -0.2) is 9.37 Å². The summed E-state index contributed by atoms with van der Waals surface area (Å²) in [4.78, 5) is 9.73. The number of benzene rings is 1. The Morgan fingerprint density at radius 2 is 2.04 bits per heavy atom. The van der Waals surface area contributed by atoms with E-state index in [0.717, 1.165) is 11.4 Å². The maximum Gasteiger partial charge on any atom is 0.270 e. The molecule has 0 radical (unpaired) electrons. The first-order chi connectivity index (χ1) is 12.7. The summed E-state index contributed by atoms with van der Waals surface area (Å²) in [5.74, 6) is -0.656. The lowest BCUT2D eigenvalue weighted by Crippen LogP contribution is -2.37. The fourth-order valence-corrected chi connectivity index (χ4v) is 2.36. The summed E-state index contributed by atoms with van der Waals surface area (Å²) in [6, 6.07) is 6.65.